The van der Waals surface area contributed by atoms with Crippen LogP contribution in [0, 0.1) is 0 Å². The maximum Gasteiger partial charge on any atom is 0.416 e. The Morgan fingerprint density at radius 1 is 1.00 bits per heavy atom. The van der Waals surface area contributed by atoms with Crippen LogP contribution < -0.4 is 4.74 Å². The molecular weight excluding hydrogens is 329 g/mol. The number of hydrogen-bond donors (Lipinski definition) is 0. The number of alkyl halides is 3. The number of halogens is 3. The Kier molecular flexibility index (Phi) is 4.49. The lowest BCUT2D eigenvalue weighted by atomic mass is 10.0. The molecule has 0 spiro atoms. The van der Waals surface area contributed by atoms with E-state index in [-0.39, 0.29) is 12.4 Å². The van der Waals surface area contributed by atoms with Gasteiger partial charge in [0.15, 0.2) is 5.78 Å². The van der Waals surface area contributed by atoms with Crippen molar-refractivity contribution in [2.24, 2.45) is 0 Å². The summed E-state index contributed by atoms with van der Waals surface area (Å²) in [5.74, 6) is 0.229. The Bertz CT molecular complexity index is 930. The van der Waals surface area contributed by atoms with Crippen molar-refractivity contribution >= 4 is 16.6 Å². The second kappa shape index (κ2) is 6.59. The standard InChI is InChI=1S/C20H15F3O2/c1-13(24)17-10-9-15-6-2-3-8-18(15)19(17)25-12-14-5-4-7-16(11-14)20(21,22)23/h2-11H,12H2,1H3. The first-order chi connectivity index (χ1) is 11.9. The fourth-order valence-corrected chi connectivity index (χ4v) is 2.67. The third-order valence-corrected chi connectivity index (χ3v) is 3.90. The third-order valence-electron chi connectivity index (χ3n) is 3.90. The molecule has 0 aliphatic heterocycles. The zero-order chi connectivity index (χ0) is 18.0. The van der Waals surface area contributed by atoms with Crippen molar-refractivity contribution in [3.8, 4) is 5.75 Å². The van der Waals surface area contributed by atoms with Crippen LogP contribution in [0.5, 0.6) is 5.75 Å². The third kappa shape index (κ3) is 3.65. The lowest BCUT2D eigenvalue weighted by molar-refractivity contribution is -0.137. The molecule has 3 aromatic rings. The zero-order valence-corrected chi connectivity index (χ0v) is 13.4. The first-order valence-corrected chi connectivity index (χ1v) is 7.68. The molecule has 128 valence electrons. The van der Waals surface area contributed by atoms with Gasteiger partial charge in [0.25, 0.3) is 0 Å². The van der Waals surface area contributed by atoms with Crippen molar-refractivity contribution in [1.29, 1.82) is 0 Å². The molecule has 0 saturated carbocycles. The summed E-state index contributed by atoms with van der Waals surface area (Å²) in [6.07, 6.45) is -4.40. The van der Waals surface area contributed by atoms with Crippen molar-refractivity contribution in [2.45, 2.75) is 19.7 Å². The van der Waals surface area contributed by atoms with E-state index >= 15 is 0 Å². The molecule has 0 unspecified atom stereocenters. The van der Waals surface area contributed by atoms with Gasteiger partial charge in [0.05, 0.1) is 11.1 Å². The van der Waals surface area contributed by atoms with E-state index < -0.39 is 11.7 Å². The van der Waals surface area contributed by atoms with Crippen LogP contribution >= 0.6 is 0 Å². The van der Waals surface area contributed by atoms with Crippen molar-refractivity contribution < 1.29 is 22.7 Å². The molecule has 0 saturated heterocycles. The molecule has 0 N–H and O–H groups in total. The van der Waals surface area contributed by atoms with Crippen LogP contribution in [0.4, 0.5) is 13.2 Å². The van der Waals surface area contributed by atoms with Gasteiger partial charge >= 0.3 is 6.18 Å². The molecule has 0 atom stereocenters. The molecule has 0 aromatic heterocycles. The summed E-state index contributed by atoms with van der Waals surface area (Å²) in [6, 6.07) is 15.9. The number of ether oxygens (including phenoxy) is 1. The molecule has 5 heteroatoms. The van der Waals surface area contributed by atoms with E-state index in [1.54, 1.807) is 12.1 Å². The minimum atomic E-state index is -4.40. The second-order valence-electron chi connectivity index (χ2n) is 5.71. The summed E-state index contributed by atoms with van der Waals surface area (Å²) in [7, 11) is 0. The predicted octanol–water partition coefficient (Wildman–Crippen LogP) is 5.64. The minimum absolute atomic E-state index is 0.0573. The lowest BCUT2D eigenvalue weighted by Crippen LogP contribution is -2.07. The Hall–Kier alpha value is -2.82. The summed E-state index contributed by atoms with van der Waals surface area (Å²) in [6.45, 7) is 1.37. The number of carbonyl (C=O) groups excluding carboxylic acids is 1. The summed E-state index contributed by atoms with van der Waals surface area (Å²) in [5.41, 5.74) is 0.0706. The Balaban J connectivity index is 1.96. The number of carbonyl (C=O) groups is 1. The van der Waals surface area contributed by atoms with E-state index in [9.17, 15) is 18.0 Å². The highest BCUT2D eigenvalue weighted by Gasteiger charge is 2.30. The van der Waals surface area contributed by atoms with Gasteiger partial charge in [-0.15, -0.1) is 0 Å². The number of Topliss-reactive ketones (excluding diaryl/α,β-unsaturated/α-hetero) is 1. The van der Waals surface area contributed by atoms with Gasteiger partial charge in [-0.1, -0.05) is 42.5 Å². The van der Waals surface area contributed by atoms with Crippen LogP contribution in [0.1, 0.15) is 28.4 Å². The van der Waals surface area contributed by atoms with Gasteiger partial charge in [0.1, 0.15) is 12.4 Å². The molecule has 0 amide bonds. The molecule has 0 fully saturated rings. The summed E-state index contributed by atoms with van der Waals surface area (Å²) < 4.78 is 44.2. The highest BCUT2D eigenvalue weighted by molar-refractivity contribution is 6.03. The summed E-state index contributed by atoms with van der Waals surface area (Å²) >= 11 is 0. The predicted molar refractivity (Wildman–Crippen MR) is 89.7 cm³/mol. The van der Waals surface area contributed by atoms with Crippen molar-refractivity contribution in [1.82, 2.24) is 0 Å². The van der Waals surface area contributed by atoms with Crippen LogP contribution in [0.25, 0.3) is 10.8 Å². The fraction of sp³-hybridized carbons (Fsp3) is 0.150. The van der Waals surface area contributed by atoms with Gasteiger partial charge < -0.3 is 4.74 Å². The number of ketones is 1. The Labute approximate surface area is 142 Å². The maximum atomic E-state index is 12.8. The van der Waals surface area contributed by atoms with Crippen LogP contribution in [0.3, 0.4) is 0 Å². The van der Waals surface area contributed by atoms with Crippen LogP contribution in [0.2, 0.25) is 0 Å². The molecule has 0 heterocycles. The smallest absolute Gasteiger partial charge is 0.416 e. The molecule has 3 rings (SSSR count). The van der Waals surface area contributed by atoms with E-state index in [1.165, 1.54) is 13.0 Å². The maximum absolute atomic E-state index is 12.8. The number of hydrogen-bond acceptors (Lipinski definition) is 2. The van der Waals surface area contributed by atoms with Crippen LogP contribution in [-0.2, 0) is 12.8 Å². The number of benzene rings is 3. The lowest BCUT2D eigenvalue weighted by Gasteiger charge is -2.14. The quantitative estimate of drug-likeness (QED) is 0.573. The molecule has 0 aliphatic rings. The van der Waals surface area contributed by atoms with Crippen molar-refractivity contribution in [2.75, 3.05) is 0 Å². The van der Waals surface area contributed by atoms with Crippen molar-refractivity contribution in [3.63, 3.8) is 0 Å². The van der Waals surface area contributed by atoms with Gasteiger partial charge in [-0.3, -0.25) is 4.79 Å². The molecule has 0 radical (unpaired) electrons. The molecular formula is C20H15F3O2. The summed E-state index contributed by atoms with van der Waals surface area (Å²) in [5, 5.41) is 1.65. The number of rotatable bonds is 4. The Morgan fingerprint density at radius 2 is 1.76 bits per heavy atom. The van der Waals surface area contributed by atoms with E-state index in [0.717, 1.165) is 22.9 Å². The first-order valence-electron chi connectivity index (χ1n) is 7.68. The van der Waals surface area contributed by atoms with Crippen molar-refractivity contribution in [3.05, 3.63) is 77.4 Å². The molecule has 3 aromatic carbocycles. The summed E-state index contributed by atoms with van der Waals surface area (Å²) in [4.78, 5) is 11.9. The van der Waals surface area contributed by atoms with Gasteiger partial charge in [-0.2, -0.15) is 13.2 Å². The first kappa shape index (κ1) is 17.0. The van der Waals surface area contributed by atoms with Crippen LogP contribution in [0.15, 0.2) is 60.7 Å². The Morgan fingerprint density at radius 3 is 2.48 bits per heavy atom. The van der Waals surface area contributed by atoms with Gasteiger partial charge in [0.2, 0.25) is 0 Å². The molecule has 0 bridgehead atoms. The SMILES string of the molecule is CC(=O)c1ccc2ccccc2c1OCc1cccc(C(F)(F)F)c1. The average molecular weight is 344 g/mol. The molecule has 2 nitrogen and oxygen atoms in total. The van der Waals surface area contributed by atoms with E-state index in [1.807, 2.05) is 30.3 Å². The highest BCUT2D eigenvalue weighted by atomic mass is 19.4. The normalized spacial score (nSPS) is 11.5. The average Bonchev–Trinajstić information content (AvgIpc) is 2.59. The van der Waals surface area contributed by atoms with E-state index in [0.29, 0.717) is 16.9 Å². The molecule has 25 heavy (non-hydrogen) atoms. The largest absolute Gasteiger partial charge is 0.487 e. The van der Waals surface area contributed by atoms with E-state index in [2.05, 4.69) is 0 Å². The van der Waals surface area contributed by atoms with Gasteiger partial charge in [0, 0.05) is 5.39 Å². The highest BCUT2D eigenvalue weighted by Crippen LogP contribution is 2.32. The number of fused-ring (bicyclic) bond motifs is 1. The molecule has 0 aliphatic carbocycles. The monoisotopic (exact) mass is 344 g/mol. The van der Waals surface area contributed by atoms with Crippen LogP contribution in [-0.4, -0.2) is 5.78 Å². The van der Waals surface area contributed by atoms with Gasteiger partial charge in [-0.25, -0.2) is 0 Å². The fourth-order valence-electron chi connectivity index (χ4n) is 2.67. The zero-order valence-electron chi connectivity index (χ0n) is 13.4. The minimum Gasteiger partial charge on any atom is -0.487 e. The topological polar surface area (TPSA) is 26.3 Å². The second-order valence-corrected chi connectivity index (χ2v) is 5.71. The van der Waals surface area contributed by atoms with Gasteiger partial charge in [-0.05, 0) is 36.1 Å². The van der Waals surface area contributed by atoms with E-state index in [4.69, 9.17) is 4.74 Å².